The van der Waals surface area contributed by atoms with Crippen LogP contribution in [0.3, 0.4) is 0 Å². The fraction of sp³-hybridized carbons (Fsp3) is 1.00. The van der Waals surface area contributed by atoms with E-state index in [-0.39, 0.29) is 12.4 Å². The minimum absolute atomic E-state index is 0.133. The second kappa shape index (κ2) is 16.3. The molecule has 146 valence electrons. The van der Waals surface area contributed by atoms with E-state index in [1.807, 2.05) is 0 Å². The number of aliphatic hydroxyl groups is 1. The minimum Gasteiger partial charge on any atom is -0.392 e. The zero-order chi connectivity index (χ0) is 18.1. The summed E-state index contributed by atoms with van der Waals surface area (Å²) in [5.41, 5.74) is 0. The summed E-state index contributed by atoms with van der Waals surface area (Å²) in [6.45, 7) is 4.02. The molecule has 1 atom stereocenters. The summed E-state index contributed by atoms with van der Waals surface area (Å²) >= 11 is 0. The van der Waals surface area contributed by atoms with Crippen LogP contribution in [0.25, 0.3) is 0 Å². The Morgan fingerprint density at radius 2 is 1.17 bits per heavy atom. The molecule has 0 aliphatic heterocycles. The largest absolute Gasteiger partial charge is 0.392 e. The number of hydrogen-bond donors (Lipinski definition) is 1. The molecule has 4 nitrogen and oxygen atoms in total. The Bertz CT molecular complexity index is 354. The van der Waals surface area contributed by atoms with E-state index in [9.17, 15) is 13.5 Å². The minimum atomic E-state index is -3.55. The third kappa shape index (κ3) is 16.7. The SMILES string of the molecule is CCCCCCCCCCCCCCCC(O)CS(=O)(=O)OCC. The maximum absolute atomic E-state index is 11.4. The molecule has 0 aromatic rings. The highest BCUT2D eigenvalue weighted by Crippen LogP contribution is 2.13. The number of unbranched alkanes of at least 4 members (excludes halogenated alkanes) is 12. The smallest absolute Gasteiger partial charge is 0.269 e. The zero-order valence-electron chi connectivity index (χ0n) is 16.0. The van der Waals surface area contributed by atoms with Gasteiger partial charge in [0.15, 0.2) is 0 Å². The van der Waals surface area contributed by atoms with E-state index in [4.69, 9.17) is 0 Å². The topological polar surface area (TPSA) is 63.6 Å². The van der Waals surface area contributed by atoms with Crippen LogP contribution in [-0.2, 0) is 14.3 Å². The van der Waals surface area contributed by atoms with Gasteiger partial charge in [-0.3, -0.25) is 4.18 Å². The average Bonchev–Trinajstić information content (AvgIpc) is 2.51. The first-order valence-corrected chi connectivity index (χ1v) is 11.6. The Morgan fingerprint density at radius 3 is 1.58 bits per heavy atom. The molecule has 0 aromatic heterocycles. The highest BCUT2D eigenvalue weighted by Gasteiger charge is 2.16. The average molecular weight is 365 g/mol. The van der Waals surface area contributed by atoms with Gasteiger partial charge < -0.3 is 5.11 Å². The molecule has 0 bridgehead atoms. The van der Waals surface area contributed by atoms with E-state index < -0.39 is 16.2 Å². The van der Waals surface area contributed by atoms with Gasteiger partial charge in [0.25, 0.3) is 10.1 Å². The van der Waals surface area contributed by atoms with Gasteiger partial charge in [0, 0.05) is 0 Å². The molecular formula is C19H40O4S. The second-order valence-electron chi connectivity index (χ2n) is 6.82. The van der Waals surface area contributed by atoms with Crippen LogP contribution in [0.15, 0.2) is 0 Å². The summed E-state index contributed by atoms with van der Waals surface area (Å²) in [6.07, 6.45) is 16.4. The van der Waals surface area contributed by atoms with Crippen molar-refractivity contribution < 1.29 is 17.7 Å². The molecule has 0 rings (SSSR count). The Kier molecular flexibility index (Phi) is 16.3. The van der Waals surface area contributed by atoms with Crippen LogP contribution in [0, 0.1) is 0 Å². The molecule has 0 aliphatic carbocycles. The molecule has 0 spiro atoms. The summed E-state index contributed by atoms with van der Waals surface area (Å²) < 4.78 is 27.4. The first kappa shape index (κ1) is 23.9. The monoisotopic (exact) mass is 364 g/mol. The third-order valence-corrected chi connectivity index (χ3v) is 5.72. The molecule has 0 radical (unpaired) electrons. The molecule has 0 heterocycles. The van der Waals surface area contributed by atoms with Crippen LogP contribution in [0.2, 0.25) is 0 Å². The molecule has 0 saturated carbocycles. The highest BCUT2D eigenvalue weighted by molar-refractivity contribution is 7.86. The molecule has 0 amide bonds. The standard InChI is InChI=1S/C19H40O4S/c1-3-5-6-7-8-9-10-11-12-13-14-15-16-17-19(20)18-24(21,22)23-4-2/h19-20H,3-18H2,1-2H3. The molecule has 0 aromatic carbocycles. The molecule has 1 N–H and O–H groups in total. The van der Waals surface area contributed by atoms with Gasteiger partial charge in [0.1, 0.15) is 5.75 Å². The molecule has 0 saturated heterocycles. The van der Waals surface area contributed by atoms with E-state index in [0.717, 1.165) is 12.8 Å². The van der Waals surface area contributed by atoms with Crippen LogP contribution < -0.4 is 0 Å². The first-order valence-electron chi connectivity index (χ1n) is 10.1. The lowest BCUT2D eigenvalue weighted by molar-refractivity contribution is 0.178. The van der Waals surface area contributed by atoms with E-state index in [1.165, 1.54) is 70.6 Å². The second-order valence-corrected chi connectivity index (χ2v) is 8.50. The Balaban J connectivity index is 3.30. The fourth-order valence-corrected chi connectivity index (χ4v) is 4.04. The Labute approximate surface area is 150 Å². The van der Waals surface area contributed by atoms with E-state index >= 15 is 0 Å². The molecule has 1 unspecified atom stereocenters. The molecule has 0 aliphatic rings. The van der Waals surface area contributed by atoms with Crippen LogP contribution in [-0.4, -0.2) is 32.0 Å². The van der Waals surface area contributed by atoms with Crippen LogP contribution in [0.5, 0.6) is 0 Å². The van der Waals surface area contributed by atoms with Crippen LogP contribution in [0.4, 0.5) is 0 Å². The summed E-state index contributed by atoms with van der Waals surface area (Å²) in [5, 5.41) is 9.73. The molecule has 24 heavy (non-hydrogen) atoms. The number of rotatable bonds is 18. The van der Waals surface area contributed by atoms with Crippen LogP contribution in [0.1, 0.15) is 104 Å². The van der Waals surface area contributed by atoms with Crippen molar-refractivity contribution in [3.63, 3.8) is 0 Å². The van der Waals surface area contributed by atoms with E-state index in [1.54, 1.807) is 6.92 Å². The predicted molar refractivity (Wildman–Crippen MR) is 102 cm³/mol. The summed E-state index contributed by atoms with van der Waals surface area (Å²) in [6, 6.07) is 0. The first-order chi connectivity index (χ1) is 11.5. The lowest BCUT2D eigenvalue weighted by Gasteiger charge is -2.10. The van der Waals surface area contributed by atoms with Crippen molar-refractivity contribution in [2.24, 2.45) is 0 Å². The zero-order valence-corrected chi connectivity index (χ0v) is 16.8. The van der Waals surface area contributed by atoms with Gasteiger partial charge in [-0.25, -0.2) is 0 Å². The normalized spacial score (nSPS) is 13.3. The number of aliphatic hydroxyl groups excluding tert-OH is 1. The van der Waals surface area contributed by atoms with Crippen molar-refractivity contribution in [2.75, 3.05) is 12.4 Å². The van der Waals surface area contributed by atoms with Gasteiger partial charge in [-0.05, 0) is 13.3 Å². The highest BCUT2D eigenvalue weighted by atomic mass is 32.2. The van der Waals surface area contributed by atoms with Crippen molar-refractivity contribution in [1.29, 1.82) is 0 Å². The lowest BCUT2D eigenvalue weighted by Crippen LogP contribution is -2.22. The van der Waals surface area contributed by atoms with Gasteiger partial charge in [0.05, 0.1) is 12.7 Å². The number of hydrogen-bond acceptors (Lipinski definition) is 4. The Hall–Kier alpha value is -0.130. The van der Waals surface area contributed by atoms with E-state index in [2.05, 4.69) is 11.1 Å². The van der Waals surface area contributed by atoms with Crippen LogP contribution >= 0.6 is 0 Å². The van der Waals surface area contributed by atoms with Crippen molar-refractivity contribution in [2.45, 2.75) is 110 Å². The summed E-state index contributed by atoms with van der Waals surface area (Å²) in [4.78, 5) is 0. The maximum Gasteiger partial charge on any atom is 0.269 e. The van der Waals surface area contributed by atoms with Crippen molar-refractivity contribution in [3.8, 4) is 0 Å². The molecule has 5 heteroatoms. The third-order valence-electron chi connectivity index (χ3n) is 4.33. The van der Waals surface area contributed by atoms with Gasteiger partial charge in [-0.2, -0.15) is 8.42 Å². The maximum atomic E-state index is 11.4. The van der Waals surface area contributed by atoms with Crippen molar-refractivity contribution in [1.82, 2.24) is 0 Å². The van der Waals surface area contributed by atoms with Gasteiger partial charge >= 0.3 is 0 Å². The quantitative estimate of drug-likeness (QED) is 0.268. The summed E-state index contributed by atoms with van der Waals surface area (Å²) in [7, 11) is -3.55. The Morgan fingerprint density at radius 1 is 0.750 bits per heavy atom. The molecule has 0 fully saturated rings. The van der Waals surface area contributed by atoms with Crippen molar-refractivity contribution >= 4 is 10.1 Å². The summed E-state index contributed by atoms with van der Waals surface area (Å²) in [5.74, 6) is -0.279. The van der Waals surface area contributed by atoms with Gasteiger partial charge in [-0.15, -0.1) is 0 Å². The van der Waals surface area contributed by atoms with E-state index in [0.29, 0.717) is 6.42 Å². The van der Waals surface area contributed by atoms with Gasteiger partial charge in [0.2, 0.25) is 0 Å². The fourth-order valence-electron chi connectivity index (χ4n) is 2.94. The lowest BCUT2D eigenvalue weighted by atomic mass is 10.0. The predicted octanol–water partition coefficient (Wildman–Crippen LogP) is 5.19. The van der Waals surface area contributed by atoms with Crippen molar-refractivity contribution in [3.05, 3.63) is 0 Å². The molecular weight excluding hydrogens is 324 g/mol. The van der Waals surface area contributed by atoms with Gasteiger partial charge in [-0.1, -0.05) is 90.4 Å².